The van der Waals surface area contributed by atoms with Gasteiger partial charge in [-0.05, 0) is 25.7 Å². The van der Waals surface area contributed by atoms with Gasteiger partial charge < -0.3 is 19.5 Å². The van der Waals surface area contributed by atoms with Gasteiger partial charge in [0.2, 0.25) is 0 Å². The van der Waals surface area contributed by atoms with Crippen LogP contribution in [-0.4, -0.2) is 59.8 Å². The van der Waals surface area contributed by atoms with E-state index in [2.05, 4.69) is 46.7 Å². The highest BCUT2D eigenvalue weighted by atomic mass is 16.5. The fourth-order valence-corrected chi connectivity index (χ4v) is 3.62. The molecule has 1 aromatic heterocycles. The summed E-state index contributed by atoms with van der Waals surface area (Å²) in [4.78, 5) is 11.6. The van der Waals surface area contributed by atoms with Crippen LogP contribution < -0.4 is 5.32 Å². The van der Waals surface area contributed by atoms with Crippen LogP contribution in [0, 0.1) is 11.3 Å². The van der Waals surface area contributed by atoms with E-state index in [1.165, 1.54) is 6.42 Å². The Balaban J connectivity index is 1.70. The van der Waals surface area contributed by atoms with Gasteiger partial charge in [-0.25, -0.2) is 4.98 Å². The van der Waals surface area contributed by atoms with Crippen molar-refractivity contribution >= 4 is 5.96 Å². The first-order valence-corrected chi connectivity index (χ1v) is 9.20. The number of ether oxygens (including phenoxy) is 1. The Bertz CT molecular complexity index is 536. The molecule has 0 spiro atoms. The molecule has 0 radical (unpaired) electrons. The van der Waals surface area contributed by atoms with Gasteiger partial charge in [-0.3, -0.25) is 4.99 Å². The van der Waals surface area contributed by atoms with Crippen molar-refractivity contribution in [3.63, 3.8) is 0 Å². The topological polar surface area (TPSA) is 54.7 Å². The summed E-state index contributed by atoms with van der Waals surface area (Å²) in [5, 5.41) is 3.48. The lowest BCUT2D eigenvalue weighted by Crippen LogP contribution is -2.49. The molecule has 3 unspecified atom stereocenters. The lowest BCUT2D eigenvalue weighted by molar-refractivity contribution is 0.162. The second-order valence-electron chi connectivity index (χ2n) is 7.57. The number of nitrogens with one attached hydrogen (secondary N) is 1. The summed E-state index contributed by atoms with van der Waals surface area (Å²) in [5.41, 5.74) is 0.188. The number of guanidine groups is 1. The molecular formula is C18H31N5O. The molecule has 0 amide bonds. The van der Waals surface area contributed by atoms with E-state index in [0.717, 1.165) is 51.8 Å². The number of imidazole rings is 1. The summed E-state index contributed by atoms with van der Waals surface area (Å²) in [6.07, 6.45) is 8.15. The molecule has 3 rings (SSSR count). The van der Waals surface area contributed by atoms with Crippen LogP contribution in [0.3, 0.4) is 0 Å². The molecule has 0 aromatic carbocycles. The summed E-state index contributed by atoms with van der Waals surface area (Å²) >= 11 is 0. The maximum absolute atomic E-state index is 5.56. The Morgan fingerprint density at radius 3 is 3.04 bits per heavy atom. The highest BCUT2D eigenvalue weighted by molar-refractivity contribution is 5.80. The van der Waals surface area contributed by atoms with Gasteiger partial charge in [-0.2, -0.15) is 0 Å². The number of hydrogen-bond donors (Lipinski definition) is 1. The normalized spacial score (nSPS) is 31.5. The van der Waals surface area contributed by atoms with Crippen molar-refractivity contribution in [1.29, 1.82) is 0 Å². The Morgan fingerprint density at radius 1 is 1.50 bits per heavy atom. The third-order valence-electron chi connectivity index (χ3n) is 5.37. The maximum Gasteiger partial charge on any atom is 0.194 e. The Hall–Kier alpha value is -1.56. The fraction of sp³-hybridized carbons (Fsp3) is 0.778. The molecule has 6 nitrogen and oxygen atoms in total. The number of nitrogens with zero attached hydrogens (tertiary/aromatic N) is 4. The largest absolute Gasteiger partial charge is 0.381 e. The first-order chi connectivity index (χ1) is 11.6. The molecule has 3 atom stereocenters. The van der Waals surface area contributed by atoms with Crippen molar-refractivity contribution in [1.82, 2.24) is 19.8 Å². The molecule has 0 aliphatic carbocycles. The van der Waals surface area contributed by atoms with Gasteiger partial charge in [0.05, 0.1) is 25.5 Å². The molecule has 2 saturated heterocycles. The monoisotopic (exact) mass is 333 g/mol. The third kappa shape index (κ3) is 3.91. The van der Waals surface area contributed by atoms with Gasteiger partial charge in [-0.1, -0.05) is 13.8 Å². The second kappa shape index (κ2) is 7.55. The first kappa shape index (κ1) is 17.3. The number of aliphatic imine (C=N–C) groups is 1. The van der Waals surface area contributed by atoms with E-state index in [1.807, 2.05) is 12.5 Å². The molecule has 24 heavy (non-hydrogen) atoms. The van der Waals surface area contributed by atoms with Crippen LogP contribution in [0.1, 0.15) is 39.7 Å². The maximum atomic E-state index is 5.56. The second-order valence-corrected chi connectivity index (χ2v) is 7.57. The molecule has 2 aliphatic heterocycles. The van der Waals surface area contributed by atoms with Crippen molar-refractivity contribution in [3.8, 4) is 0 Å². The molecule has 6 heteroatoms. The highest BCUT2D eigenvalue weighted by Gasteiger charge is 2.31. The highest BCUT2D eigenvalue weighted by Crippen LogP contribution is 2.29. The molecule has 2 aliphatic rings. The zero-order chi connectivity index (χ0) is 17.0. The van der Waals surface area contributed by atoms with Gasteiger partial charge in [0.15, 0.2) is 5.96 Å². The molecular weight excluding hydrogens is 302 g/mol. The number of hydrogen-bond acceptors (Lipinski definition) is 3. The summed E-state index contributed by atoms with van der Waals surface area (Å²) in [7, 11) is 0. The number of piperidine rings is 1. The average Bonchev–Trinajstić information content (AvgIpc) is 3.24. The standard InChI is InChI=1S/C18H31N5O/c1-4-20-17(21-12-18(3)6-10-24-13-18)22-8-5-15(2)16(11-22)23-9-7-19-14-23/h7,9,14-16H,4-6,8,10-13H2,1-3H3,(H,20,21). The van der Waals surface area contributed by atoms with Crippen molar-refractivity contribution in [2.24, 2.45) is 16.3 Å². The smallest absolute Gasteiger partial charge is 0.194 e. The van der Waals surface area contributed by atoms with Gasteiger partial charge in [-0.15, -0.1) is 0 Å². The van der Waals surface area contributed by atoms with E-state index in [-0.39, 0.29) is 5.41 Å². The van der Waals surface area contributed by atoms with Crippen LogP contribution in [0.4, 0.5) is 0 Å². The van der Waals surface area contributed by atoms with Gasteiger partial charge >= 0.3 is 0 Å². The molecule has 0 saturated carbocycles. The molecule has 1 N–H and O–H groups in total. The van der Waals surface area contributed by atoms with Gasteiger partial charge in [0, 0.05) is 44.0 Å². The Kier molecular flexibility index (Phi) is 5.43. The molecule has 1 aromatic rings. The van der Waals surface area contributed by atoms with Crippen LogP contribution in [0.5, 0.6) is 0 Å². The van der Waals surface area contributed by atoms with Crippen LogP contribution >= 0.6 is 0 Å². The SMILES string of the molecule is CCNC(=NCC1(C)CCOC1)N1CCC(C)C(n2ccnc2)C1. The lowest BCUT2D eigenvalue weighted by atomic mass is 9.90. The minimum atomic E-state index is 0.188. The summed E-state index contributed by atoms with van der Waals surface area (Å²) in [6, 6.07) is 0.454. The molecule has 2 fully saturated rings. The van der Waals surface area contributed by atoms with E-state index >= 15 is 0 Å². The van der Waals surface area contributed by atoms with E-state index < -0.39 is 0 Å². The average molecular weight is 333 g/mol. The molecule has 134 valence electrons. The molecule has 3 heterocycles. The van der Waals surface area contributed by atoms with Crippen molar-refractivity contribution in [2.45, 2.75) is 39.7 Å². The predicted molar refractivity (Wildman–Crippen MR) is 96.1 cm³/mol. The van der Waals surface area contributed by atoms with Crippen LogP contribution in [0.2, 0.25) is 0 Å². The zero-order valence-electron chi connectivity index (χ0n) is 15.2. The molecule has 0 bridgehead atoms. The fourth-order valence-electron chi connectivity index (χ4n) is 3.62. The third-order valence-corrected chi connectivity index (χ3v) is 5.37. The van der Waals surface area contributed by atoms with Gasteiger partial charge in [0.1, 0.15) is 0 Å². The summed E-state index contributed by atoms with van der Waals surface area (Å²) in [6.45, 7) is 12.2. The van der Waals surface area contributed by atoms with E-state index in [9.17, 15) is 0 Å². The predicted octanol–water partition coefficient (Wildman–Crippen LogP) is 2.16. The van der Waals surface area contributed by atoms with E-state index in [4.69, 9.17) is 9.73 Å². The van der Waals surface area contributed by atoms with E-state index in [1.54, 1.807) is 0 Å². The van der Waals surface area contributed by atoms with E-state index in [0.29, 0.717) is 12.0 Å². The van der Waals surface area contributed by atoms with Crippen LogP contribution in [0.25, 0.3) is 0 Å². The first-order valence-electron chi connectivity index (χ1n) is 9.20. The summed E-state index contributed by atoms with van der Waals surface area (Å²) < 4.78 is 7.81. The number of likely N-dealkylation sites (tertiary alicyclic amines) is 1. The number of aromatic nitrogens is 2. The van der Waals surface area contributed by atoms with Crippen molar-refractivity contribution in [3.05, 3.63) is 18.7 Å². The quantitative estimate of drug-likeness (QED) is 0.678. The zero-order valence-corrected chi connectivity index (χ0v) is 15.2. The minimum absolute atomic E-state index is 0.188. The van der Waals surface area contributed by atoms with Crippen molar-refractivity contribution in [2.75, 3.05) is 39.4 Å². The van der Waals surface area contributed by atoms with Gasteiger partial charge in [0.25, 0.3) is 0 Å². The minimum Gasteiger partial charge on any atom is -0.381 e. The van der Waals surface area contributed by atoms with Crippen LogP contribution in [-0.2, 0) is 4.74 Å². The Labute approximate surface area is 145 Å². The van der Waals surface area contributed by atoms with Crippen molar-refractivity contribution < 1.29 is 4.74 Å². The summed E-state index contributed by atoms with van der Waals surface area (Å²) in [5.74, 6) is 1.70. The van der Waals surface area contributed by atoms with Crippen LogP contribution in [0.15, 0.2) is 23.7 Å². The number of rotatable bonds is 4. The lowest BCUT2D eigenvalue weighted by Gasteiger charge is -2.39. The Morgan fingerprint density at radius 2 is 2.38 bits per heavy atom.